The van der Waals surface area contributed by atoms with E-state index < -0.39 is 0 Å². The van der Waals surface area contributed by atoms with Crippen LogP contribution in [0.5, 0.6) is 5.75 Å². The van der Waals surface area contributed by atoms with E-state index in [1.54, 1.807) is 29.2 Å². The first-order valence-electron chi connectivity index (χ1n) is 8.14. The van der Waals surface area contributed by atoms with Gasteiger partial charge in [-0.05, 0) is 19.1 Å². The molecular formula is C19H17N3O3. The molecule has 1 N–H and O–H groups in total. The van der Waals surface area contributed by atoms with E-state index in [-0.39, 0.29) is 23.2 Å². The van der Waals surface area contributed by atoms with E-state index in [1.165, 1.54) is 0 Å². The average Bonchev–Trinajstić information content (AvgIpc) is 2.81. The summed E-state index contributed by atoms with van der Waals surface area (Å²) < 4.78 is 5.81. The largest absolute Gasteiger partial charge is 0.491 e. The van der Waals surface area contributed by atoms with Gasteiger partial charge in [-0.3, -0.25) is 9.59 Å². The highest BCUT2D eigenvalue weighted by Gasteiger charge is 2.28. The summed E-state index contributed by atoms with van der Waals surface area (Å²) in [5.74, 6) is 0.573. The number of ether oxygens (including phenoxy) is 1. The minimum atomic E-state index is -0.301. The van der Waals surface area contributed by atoms with E-state index in [0.29, 0.717) is 23.9 Å². The molecule has 3 aromatic rings. The van der Waals surface area contributed by atoms with Gasteiger partial charge in [0.25, 0.3) is 11.5 Å². The van der Waals surface area contributed by atoms with E-state index in [1.807, 2.05) is 31.2 Å². The second-order valence-corrected chi connectivity index (χ2v) is 6.15. The van der Waals surface area contributed by atoms with Crippen molar-refractivity contribution < 1.29 is 9.53 Å². The van der Waals surface area contributed by atoms with E-state index in [0.717, 1.165) is 11.3 Å². The number of aromatic nitrogens is 2. The molecule has 0 bridgehead atoms. The van der Waals surface area contributed by atoms with Crippen LogP contribution >= 0.6 is 0 Å². The fraction of sp³-hybridized carbons (Fsp3) is 0.211. The summed E-state index contributed by atoms with van der Waals surface area (Å²) >= 11 is 0. The van der Waals surface area contributed by atoms with Gasteiger partial charge in [0.2, 0.25) is 0 Å². The first-order valence-corrected chi connectivity index (χ1v) is 8.14. The van der Waals surface area contributed by atoms with Crippen molar-refractivity contribution >= 4 is 16.7 Å². The van der Waals surface area contributed by atoms with E-state index in [9.17, 15) is 9.59 Å². The van der Waals surface area contributed by atoms with Gasteiger partial charge in [0, 0.05) is 10.9 Å². The summed E-state index contributed by atoms with van der Waals surface area (Å²) in [5.41, 5.74) is 0.903. The predicted molar refractivity (Wildman–Crippen MR) is 93.6 cm³/mol. The number of amides is 1. The molecule has 25 heavy (non-hydrogen) atoms. The highest BCUT2D eigenvalue weighted by Crippen LogP contribution is 2.26. The van der Waals surface area contributed by atoms with E-state index in [4.69, 9.17) is 4.74 Å². The van der Waals surface area contributed by atoms with Crippen LogP contribution in [0.3, 0.4) is 0 Å². The molecule has 0 radical (unpaired) electrons. The normalized spacial score (nSPS) is 16.8. The van der Waals surface area contributed by atoms with Crippen LogP contribution < -0.4 is 10.3 Å². The summed E-state index contributed by atoms with van der Waals surface area (Å²) in [4.78, 5) is 26.9. The number of nitrogens with one attached hydrogen (secondary N) is 1. The SMILES string of the molecule is CC1COc2ccccc2CN1C(=O)c1n[nH]c(=O)c2ccccc12. The number of hydrogen-bond acceptors (Lipinski definition) is 4. The number of hydrogen-bond donors (Lipinski definition) is 1. The Morgan fingerprint density at radius 3 is 2.72 bits per heavy atom. The molecule has 0 spiro atoms. The van der Waals surface area contributed by atoms with Crippen molar-refractivity contribution in [2.24, 2.45) is 0 Å². The number of carbonyl (C=O) groups excluding carboxylic acids is 1. The van der Waals surface area contributed by atoms with Crippen molar-refractivity contribution in [1.29, 1.82) is 0 Å². The number of benzene rings is 2. The Labute approximate surface area is 144 Å². The number of carbonyl (C=O) groups is 1. The standard InChI is InChI=1S/C19H17N3O3/c1-12-11-25-16-9-5-2-6-13(16)10-22(12)19(24)17-14-7-3-4-8-15(14)18(23)21-20-17/h2-9,12H,10-11H2,1H3,(H,21,23). The Kier molecular flexibility index (Phi) is 3.72. The second kappa shape index (κ2) is 6.05. The monoisotopic (exact) mass is 335 g/mol. The molecular weight excluding hydrogens is 318 g/mol. The van der Waals surface area contributed by atoms with Gasteiger partial charge in [-0.15, -0.1) is 0 Å². The summed E-state index contributed by atoms with van der Waals surface area (Å²) in [6.45, 7) is 2.78. The van der Waals surface area contributed by atoms with Crippen LogP contribution in [0.2, 0.25) is 0 Å². The summed E-state index contributed by atoms with van der Waals surface area (Å²) in [6.07, 6.45) is 0. The zero-order chi connectivity index (χ0) is 17.4. The minimum absolute atomic E-state index is 0.118. The van der Waals surface area contributed by atoms with Gasteiger partial charge < -0.3 is 9.64 Å². The Morgan fingerprint density at radius 2 is 1.88 bits per heavy atom. The molecule has 1 atom stereocenters. The first kappa shape index (κ1) is 15.4. The van der Waals surface area contributed by atoms with Gasteiger partial charge in [0.15, 0.2) is 5.69 Å². The van der Waals surface area contributed by atoms with E-state index in [2.05, 4.69) is 10.2 Å². The van der Waals surface area contributed by atoms with Gasteiger partial charge in [-0.25, -0.2) is 5.10 Å². The smallest absolute Gasteiger partial charge is 0.275 e. The third kappa shape index (κ3) is 2.65. The zero-order valence-electron chi connectivity index (χ0n) is 13.7. The lowest BCUT2D eigenvalue weighted by Crippen LogP contribution is -2.40. The molecule has 1 amide bonds. The van der Waals surface area contributed by atoms with Gasteiger partial charge in [-0.2, -0.15) is 5.10 Å². The maximum Gasteiger partial charge on any atom is 0.275 e. The van der Waals surface area contributed by atoms with Crippen LogP contribution in [0.15, 0.2) is 53.3 Å². The molecule has 1 aromatic heterocycles. The Bertz CT molecular complexity index is 1010. The minimum Gasteiger partial charge on any atom is -0.491 e. The fourth-order valence-electron chi connectivity index (χ4n) is 3.10. The van der Waals surface area contributed by atoms with Crippen molar-refractivity contribution in [3.8, 4) is 5.75 Å². The topological polar surface area (TPSA) is 75.3 Å². The second-order valence-electron chi connectivity index (χ2n) is 6.15. The van der Waals surface area contributed by atoms with Crippen LogP contribution in [0.4, 0.5) is 0 Å². The van der Waals surface area contributed by atoms with Crippen LogP contribution in [-0.2, 0) is 6.54 Å². The lowest BCUT2D eigenvalue weighted by atomic mass is 10.1. The van der Waals surface area contributed by atoms with E-state index >= 15 is 0 Å². The summed E-state index contributed by atoms with van der Waals surface area (Å²) in [5, 5.41) is 7.48. The van der Waals surface area contributed by atoms with Gasteiger partial charge in [0.1, 0.15) is 12.4 Å². The molecule has 2 aromatic carbocycles. The predicted octanol–water partition coefficient (Wildman–Crippen LogP) is 2.35. The zero-order valence-corrected chi connectivity index (χ0v) is 13.7. The molecule has 1 aliphatic rings. The fourth-order valence-corrected chi connectivity index (χ4v) is 3.10. The Hall–Kier alpha value is -3.15. The lowest BCUT2D eigenvalue weighted by Gasteiger charge is -2.26. The quantitative estimate of drug-likeness (QED) is 0.741. The van der Waals surface area contributed by atoms with Gasteiger partial charge in [0.05, 0.1) is 18.0 Å². The van der Waals surface area contributed by atoms with Crippen molar-refractivity contribution in [1.82, 2.24) is 15.1 Å². The number of nitrogens with zero attached hydrogens (tertiary/aromatic N) is 2. The summed E-state index contributed by atoms with van der Waals surface area (Å²) in [7, 11) is 0. The number of aromatic amines is 1. The first-order chi connectivity index (χ1) is 12.1. The molecule has 6 nitrogen and oxygen atoms in total. The third-order valence-electron chi connectivity index (χ3n) is 4.48. The number of rotatable bonds is 1. The van der Waals surface area contributed by atoms with Gasteiger partial charge >= 0.3 is 0 Å². The number of fused-ring (bicyclic) bond motifs is 2. The summed E-state index contributed by atoms with van der Waals surface area (Å²) in [6, 6.07) is 14.6. The molecule has 0 aliphatic carbocycles. The Balaban J connectivity index is 1.78. The highest BCUT2D eigenvalue weighted by atomic mass is 16.5. The van der Waals surface area contributed by atoms with Crippen LogP contribution in [-0.4, -0.2) is 33.7 Å². The van der Waals surface area contributed by atoms with Crippen molar-refractivity contribution in [3.63, 3.8) is 0 Å². The van der Waals surface area contributed by atoms with Crippen molar-refractivity contribution in [2.75, 3.05) is 6.61 Å². The molecule has 126 valence electrons. The average molecular weight is 335 g/mol. The molecule has 0 saturated carbocycles. The molecule has 0 saturated heterocycles. The molecule has 0 fully saturated rings. The van der Waals surface area contributed by atoms with Crippen LogP contribution in [0.25, 0.3) is 10.8 Å². The lowest BCUT2D eigenvalue weighted by molar-refractivity contribution is 0.0640. The molecule has 4 rings (SSSR count). The Morgan fingerprint density at radius 1 is 1.16 bits per heavy atom. The van der Waals surface area contributed by atoms with Crippen molar-refractivity contribution in [2.45, 2.75) is 19.5 Å². The van der Waals surface area contributed by atoms with Crippen molar-refractivity contribution in [3.05, 3.63) is 70.1 Å². The molecule has 1 unspecified atom stereocenters. The molecule has 6 heteroatoms. The number of para-hydroxylation sites is 1. The maximum absolute atomic E-state index is 13.2. The molecule has 2 heterocycles. The molecule has 1 aliphatic heterocycles. The van der Waals surface area contributed by atoms with Crippen LogP contribution in [0.1, 0.15) is 23.0 Å². The van der Waals surface area contributed by atoms with Gasteiger partial charge in [-0.1, -0.05) is 36.4 Å². The van der Waals surface area contributed by atoms with Crippen LogP contribution in [0, 0.1) is 0 Å². The number of H-pyrrole nitrogens is 1. The highest BCUT2D eigenvalue weighted by molar-refractivity contribution is 6.04. The maximum atomic E-state index is 13.2. The third-order valence-corrected chi connectivity index (χ3v) is 4.48.